The van der Waals surface area contributed by atoms with Crippen LogP contribution in [0.2, 0.25) is 0 Å². The van der Waals surface area contributed by atoms with Crippen molar-refractivity contribution in [2.75, 3.05) is 6.61 Å². The van der Waals surface area contributed by atoms with Crippen LogP contribution >= 0.6 is 0 Å². The Morgan fingerprint density at radius 1 is 1.11 bits per heavy atom. The fraction of sp³-hybridized carbons (Fsp3) is 0.167. The summed E-state index contributed by atoms with van der Waals surface area (Å²) in [4.78, 5) is 23.6. The van der Waals surface area contributed by atoms with Gasteiger partial charge in [-0.25, -0.2) is 9.78 Å². The molecule has 0 atom stereocenters. The SMILES string of the molecule is CCOc1ccnc2[nH]c(=O)n(-c3ccc4nccc(OC(O)(O)O)c4c3)c12. The van der Waals surface area contributed by atoms with Crippen LogP contribution in [0.4, 0.5) is 0 Å². The summed E-state index contributed by atoms with van der Waals surface area (Å²) in [7, 11) is 0. The molecule has 4 aromatic rings. The number of H-pyrrole nitrogens is 1. The van der Waals surface area contributed by atoms with Gasteiger partial charge in [0, 0.05) is 23.8 Å². The number of imidazole rings is 1. The number of pyridine rings is 2. The lowest BCUT2D eigenvalue weighted by atomic mass is 10.2. The fourth-order valence-corrected chi connectivity index (χ4v) is 3.01. The minimum atomic E-state index is -3.35. The molecular formula is C18H16N4O6. The summed E-state index contributed by atoms with van der Waals surface area (Å²) in [6.45, 7) is 2.24. The normalized spacial score (nSPS) is 11.9. The molecule has 3 aromatic heterocycles. The second-order valence-electron chi connectivity index (χ2n) is 5.89. The highest BCUT2D eigenvalue weighted by molar-refractivity contribution is 5.88. The van der Waals surface area contributed by atoms with Gasteiger partial charge in [-0.1, -0.05) is 0 Å². The quantitative estimate of drug-likeness (QED) is 0.367. The number of ether oxygens (including phenoxy) is 2. The number of fused-ring (bicyclic) bond motifs is 2. The summed E-state index contributed by atoms with van der Waals surface area (Å²) in [5, 5.41) is 27.8. The number of benzene rings is 1. The molecule has 0 aliphatic heterocycles. The van der Waals surface area contributed by atoms with E-state index in [1.54, 1.807) is 24.3 Å². The smallest absolute Gasteiger partial charge is 0.453 e. The minimum absolute atomic E-state index is 0.0320. The lowest BCUT2D eigenvalue weighted by Gasteiger charge is -2.17. The van der Waals surface area contributed by atoms with E-state index in [0.29, 0.717) is 40.1 Å². The van der Waals surface area contributed by atoms with Crippen molar-refractivity contribution in [1.82, 2.24) is 19.5 Å². The number of aromatic amines is 1. The average molecular weight is 384 g/mol. The number of hydrogen-bond acceptors (Lipinski definition) is 8. The third kappa shape index (κ3) is 3.16. The molecule has 28 heavy (non-hydrogen) atoms. The molecule has 0 unspecified atom stereocenters. The van der Waals surface area contributed by atoms with Crippen molar-refractivity contribution in [3.8, 4) is 17.2 Å². The third-order valence-electron chi connectivity index (χ3n) is 4.03. The van der Waals surface area contributed by atoms with Gasteiger partial charge in [0.15, 0.2) is 5.65 Å². The maximum Gasteiger partial charge on any atom is 0.453 e. The molecule has 0 spiro atoms. The molecule has 3 heterocycles. The van der Waals surface area contributed by atoms with Crippen LogP contribution in [0.25, 0.3) is 27.8 Å². The summed E-state index contributed by atoms with van der Waals surface area (Å²) in [6.07, 6.45) is -0.431. The van der Waals surface area contributed by atoms with Gasteiger partial charge in [-0.2, -0.15) is 0 Å². The van der Waals surface area contributed by atoms with Crippen molar-refractivity contribution >= 4 is 22.1 Å². The lowest BCUT2D eigenvalue weighted by molar-refractivity contribution is -0.419. The number of aliphatic hydroxyl groups is 3. The number of nitrogens with zero attached hydrogens (tertiary/aromatic N) is 3. The Morgan fingerprint density at radius 3 is 2.61 bits per heavy atom. The number of hydrogen-bond donors (Lipinski definition) is 4. The number of nitrogens with one attached hydrogen (secondary N) is 1. The van der Waals surface area contributed by atoms with Crippen LogP contribution in [0, 0.1) is 0 Å². The van der Waals surface area contributed by atoms with Gasteiger partial charge in [0.1, 0.15) is 17.0 Å². The fourth-order valence-electron chi connectivity index (χ4n) is 3.01. The van der Waals surface area contributed by atoms with Gasteiger partial charge in [-0.3, -0.25) is 14.5 Å². The molecule has 144 valence electrons. The Labute approximate surface area is 157 Å². The predicted octanol–water partition coefficient (Wildman–Crippen LogP) is 0.628. The zero-order valence-electron chi connectivity index (χ0n) is 14.7. The van der Waals surface area contributed by atoms with E-state index in [4.69, 9.17) is 24.8 Å². The second kappa shape index (κ2) is 6.60. The zero-order valence-corrected chi connectivity index (χ0v) is 14.7. The molecule has 1 aromatic carbocycles. The van der Waals surface area contributed by atoms with E-state index >= 15 is 0 Å². The van der Waals surface area contributed by atoms with E-state index in [1.807, 2.05) is 6.92 Å². The highest BCUT2D eigenvalue weighted by Gasteiger charge is 2.23. The van der Waals surface area contributed by atoms with Gasteiger partial charge in [-0.15, -0.1) is 0 Å². The molecule has 10 heteroatoms. The summed E-state index contributed by atoms with van der Waals surface area (Å²) >= 11 is 0. The molecule has 0 bridgehead atoms. The van der Waals surface area contributed by atoms with Crippen LogP contribution in [-0.2, 0) is 0 Å². The van der Waals surface area contributed by atoms with E-state index in [9.17, 15) is 4.79 Å². The molecule has 0 aliphatic carbocycles. The van der Waals surface area contributed by atoms with E-state index in [2.05, 4.69) is 15.0 Å². The van der Waals surface area contributed by atoms with Crippen molar-refractivity contribution in [3.63, 3.8) is 0 Å². The van der Waals surface area contributed by atoms with Crippen molar-refractivity contribution in [2.45, 2.75) is 13.1 Å². The van der Waals surface area contributed by atoms with Gasteiger partial charge in [0.2, 0.25) is 0 Å². The minimum Gasteiger partial charge on any atom is -0.491 e. The Balaban J connectivity index is 1.96. The standard InChI is InChI=1S/C18H16N4O6/c1-2-27-14-6-8-20-16-15(14)22(17(23)21-16)10-3-4-12-11(9-10)13(5-7-19-12)28-18(24,25)26/h3-9,24-26H,2H2,1H3,(H,20,21,23). The third-order valence-corrected chi connectivity index (χ3v) is 4.03. The van der Waals surface area contributed by atoms with Gasteiger partial charge in [0.25, 0.3) is 0 Å². The average Bonchev–Trinajstić information content (AvgIpc) is 2.97. The first-order valence-electron chi connectivity index (χ1n) is 8.35. The van der Waals surface area contributed by atoms with Crippen LogP contribution < -0.4 is 15.2 Å². The monoisotopic (exact) mass is 384 g/mol. The molecule has 0 radical (unpaired) electrons. The summed E-state index contributed by atoms with van der Waals surface area (Å²) in [5.41, 5.74) is 1.29. The molecule has 10 nitrogen and oxygen atoms in total. The van der Waals surface area contributed by atoms with E-state index < -0.39 is 11.8 Å². The van der Waals surface area contributed by atoms with Crippen LogP contribution in [0.3, 0.4) is 0 Å². The lowest BCUT2D eigenvalue weighted by Crippen LogP contribution is -2.34. The Kier molecular flexibility index (Phi) is 4.23. The van der Waals surface area contributed by atoms with Crippen molar-refractivity contribution < 1.29 is 24.8 Å². The first-order chi connectivity index (χ1) is 13.4. The Morgan fingerprint density at radius 2 is 1.86 bits per heavy atom. The largest absolute Gasteiger partial charge is 0.491 e. The molecule has 4 rings (SSSR count). The summed E-state index contributed by atoms with van der Waals surface area (Å²) in [5.74, 6) is 0.448. The van der Waals surface area contributed by atoms with Crippen LogP contribution in [0.5, 0.6) is 11.5 Å². The molecule has 0 fully saturated rings. The van der Waals surface area contributed by atoms with E-state index in [1.165, 1.54) is 23.0 Å². The molecule has 4 N–H and O–H groups in total. The molecule has 0 saturated carbocycles. The summed E-state index contributed by atoms with van der Waals surface area (Å²) in [6, 6.07) is 7.88. The van der Waals surface area contributed by atoms with Gasteiger partial charge in [-0.05, 0) is 31.2 Å². The maximum absolute atomic E-state index is 12.6. The highest BCUT2D eigenvalue weighted by Crippen LogP contribution is 2.30. The Bertz CT molecular complexity index is 1220. The van der Waals surface area contributed by atoms with Crippen molar-refractivity contribution in [2.24, 2.45) is 0 Å². The number of aromatic nitrogens is 4. The van der Waals surface area contributed by atoms with Gasteiger partial charge < -0.3 is 24.8 Å². The second-order valence-corrected chi connectivity index (χ2v) is 5.89. The van der Waals surface area contributed by atoms with Gasteiger partial charge >= 0.3 is 11.8 Å². The molecular weight excluding hydrogens is 368 g/mol. The van der Waals surface area contributed by atoms with Crippen LogP contribution in [-0.4, -0.2) is 47.6 Å². The van der Waals surface area contributed by atoms with Gasteiger partial charge in [0.05, 0.1) is 17.8 Å². The molecule has 0 aliphatic rings. The topological polar surface area (TPSA) is 143 Å². The highest BCUT2D eigenvalue weighted by atomic mass is 16.9. The molecule has 0 saturated heterocycles. The maximum atomic E-state index is 12.6. The van der Waals surface area contributed by atoms with E-state index in [0.717, 1.165) is 0 Å². The first-order valence-corrected chi connectivity index (χ1v) is 8.35. The zero-order chi connectivity index (χ0) is 19.9. The Hall–Kier alpha value is -3.47. The molecule has 0 amide bonds. The van der Waals surface area contributed by atoms with Crippen molar-refractivity contribution in [3.05, 3.63) is 53.2 Å². The van der Waals surface area contributed by atoms with E-state index in [-0.39, 0.29) is 5.75 Å². The number of rotatable bonds is 5. The predicted molar refractivity (Wildman–Crippen MR) is 98.2 cm³/mol. The first kappa shape index (κ1) is 17.9. The van der Waals surface area contributed by atoms with Crippen LogP contribution in [0.1, 0.15) is 6.92 Å². The van der Waals surface area contributed by atoms with Crippen molar-refractivity contribution in [1.29, 1.82) is 0 Å². The van der Waals surface area contributed by atoms with Crippen LogP contribution in [0.15, 0.2) is 47.5 Å². The summed E-state index contributed by atoms with van der Waals surface area (Å²) < 4.78 is 11.8.